The lowest BCUT2D eigenvalue weighted by atomic mass is 9.94. The maximum Gasteiger partial charge on any atom is 0.332 e. The first-order valence-electron chi connectivity index (χ1n) is 14.4. The summed E-state index contributed by atoms with van der Waals surface area (Å²) in [7, 11) is 1.48. The maximum absolute atomic E-state index is 14.6. The molecule has 4 aromatic rings. The van der Waals surface area contributed by atoms with E-state index in [9.17, 15) is 23.9 Å². The van der Waals surface area contributed by atoms with Gasteiger partial charge in [-0.25, -0.2) is 13.8 Å². The second kappa shape index (κ2) is 12.0. The highest BCUT2D eigenvalue weighted by Crippen LogP contribution is 2.36. The number of nitrogens with zero attached hydrogens (tertiary/aromatic N) is 5. The molecule has 3 aromatic heterocycles. The van der Waals surface area contributed by atoms with E-state index in [1.54, 1.807) is 6.92 Å². The molecule has 1 saturated heterocycles. The largest absolute Gasteiger partial charge is 0.496 e. The number of halogens is 1. The lowest BCUT2D eigenvalue weighted by molar-refractivity contribution is -0.126. The summed E-state index contributed by atoms with van der Waals surface area (Å²) in [6.07, 6.45) is 4.79. The minimum Gasteiger partial charge on any atom is -0.496 e. The smallest absolute Gasteiger partial charge is 0.332 e. The van der Waals surface area contributed by atoms with Gasteiger partial charge in [0, 0.05) is 17.7 Å². The van der Waals surface area contributed by atoms with Crippen molar-refractivity contribution in [2.75, 3.05) is 13.7 Å². The number of piperidine rings is 1. The molecule has 6 rings (SSSR count). The Morgan fingerprint density at radius 2 is 1.88 bits per heavy atom. The van der Waals surface area contributed by atoms with Crippen LogP contribution in [-0.4, -0.2) is 61.0 Å². The van der Waals surface area contributed by atoms with Gasteiger partial charge in [0.2, 0.25) is 5.91 Å². The first kappa shape index (κ1) is 29.2. The van der Waals surface area contributed by atoms with Gasteiger partial charge in [0.1, 0.15) is 33.5 Å². The molecule has 14 heteroatoms. The molecule has 2 atom stereocenters. The molecule has 12 nitrogen and oxygen atoms in total. The van der Waals surface area contributed by atoms with Gasteiger partial charge in [-0.05, 0) is 63.6 Å². The summed E-state index contributed by atoms with van der Waals surface area (Å²) in [4.78, 5) is 43.0. The lowest BCUT2D eigenvalue weighted by Crippen LogP contribution is -2.49. The van der Waals surface area contributed by atoms with Crippen molar-refractivity contribution in [1.29, 1.82) is 0 Å². The number of nitrogens with one attached hydrogen (secondary N) is 1. The van der Waals surface area contributed by atoms with Crippen molar-refractivity contribution < 1.29 is 23.8 Å². The van der Waals surface area contributed by atoms with E-state index in [4.69, 9.17) is 9.47 Å². The fraction of sp³-hybridized carbons (Fsp3) is 0.483. The van der Waals surface area contributed by atoms with Crippen LogP contribution in [0.25, 0.3) is 15.2 Å². The van der Waals surface area contributed by atoms with Crippen LogP contribution >= 0.6 is 11.3 Å². The third kappa shape index (κ3) is 5.50. The summed E-state index contributed by atoms with van der Waals surface area (Å²) in [6, 6.07) is 3.15. The van der Waals surface area contributed by atoms with E-state index in [1.165, 1.54) is 58.4 Å². The molecule has 2 N–H and O–H groups in total. The van der Waals surface area contributed by atoms with Gasteiger partial charge < -0.3 is 19.9 Å². The highest BCUT2D eigenvalue weighted by molar-refractivity contribution is 7.21. The van der Waals surface area contributed by atoms with Crippen LogP contribution in [0.3, 0.4) is 0 Å². The fourth-order valence-corrected chi connectivity index (χ4v) is 7.27. The van der Waals surface area contributed by atoms with Crippen molar-refractivity contribution in [3.63, 3.8) is 0 Å². The zero-order chi connectivity index (χ0) is 30.2. The topological polar surface area (TPSA) is 142 Å². The number of thiophene rings is 1. The number of benzene rings is 1. The van der Waals surface area contributed by atoms with Gasteiger partial charge in [0.25, 0.3) is 5.56 Å². The van der Waals surface area contributed by atoms with Gasteiger partial charge in [-0.1, -0.05) is 11.3 Å². The average Bonchev–Trinajstić information content (AvgIpc) is 3.65. The predicted octanol–water partition coefficient (Wildman–Crippen LogP) is 2.77. The number of carbonyl (C=O) groups excluding carboxylic acids is 1. The first-order chi connectivity index (χ1) is 20.8. The second-order valence-electron chi connectivity index (χ2n) is 11.0. The van der Waals surface area contributed by atoms with E-state index < -0.39 is 41.2 Å². The van der Waals surface area contributed by atoms with Crippen LogP contribution in [0, 0.1) is 12.7 Å². The Labute approximate surface area is 249 Å². The molecule has 4 heterocycles. The molecular formula is C29H33FN6O6S. The molecule has 1 aliphatic heterocycles. The van der Waals surface area contributed by atoms with E-state index in [1.807, 2.05) is 0 Å². The Morgan fingerprint density at radius 1 is 1.14 bits per heavy atom. The summed E-state index contributed by atoms with van der Waals surface area (Å²) < 4.78 is 29.3. The number of ether oxygens (including phenoxy) is 2. The zero-order valence-corrected chi connectivity index (χ0v) is 24.7. The molecule has 1 saturated carbocycles. The van der Waals surface area contributed by atoms with Crippen molar-refractivity contribution in [1.82, 2.24) is 29.4 Å². The molecule has 0 spiro atoms. The monoisotopic (exact) mass is 612 g/mol. The standard InChI is InChI=1S/C29H33FN6O6S/c1-16-24-26(39)35(21-4-3-11-31-25(21)38)29(40)34(28(24)43-27(16)36-32-12-13-33-36)15-23(42-19-8-6-18(37)7-9-19)20-14-17(30)5-10-22(20)41-2/h5,10,12-14,18-19,21,23,37H,3-4,6-9,11,15H2,1-2H3,(H,31,38)/t18?,19?,21-,23?/m1/s1. The summed E-state index contributed by atoms with van der Waals surface area (Å²) in [5.74, 6) is -0.502. The normalized spacial score (nSPS) is 21.6. The number of amides is 1. The number of carbonyl (C=O) groups is 1. The van der Waals surface area contributed by atoms with Crippen LogP contribution in [0.15, 0.2) is 40.2 Å². The highest BCUT2D eigenvalue weighted by atomic mass is 32.1. The third-order valence-electron chi connectivity index (χ3n) is 8.27. The van der Waals surface area contributed by atoms with Gasteiger partial charge in [-0.15, -0.1) is 4.80 Å². The van der Waals surface area contributed by atoms with Gasteiger partial charge in [0.15, 0.2) is 0 Å². The number of aryl methyl sites for hydroxylation is 1. The number of hydrogen-bond donors (Lipinski definition) is 2. The minimum atomic E-state index is -0.974. The van der Waals surface area contributed by atoms with Crippen molar-refractivity contribution in [2.45, 2.75) is 76.3 Å². The Hall–Kier alpha value is -3.88. The number of aliphatic hydroxyl groups excluding tert-OH is 1. The Bertz CT molecular complexity index is 1760. The Morgan fingerprint density at radius 3 is 2.58 bits per heavy atom. The molecule has 2 aliphatic rings. The molecule has 0 bridgehead atoms. The van der Waals surface area contributed by atoms with E-state index >= 15 is 0 Å². The molecule has 1 amide bonds. The number of fused-ring (bicyclic) bond motifs is 1. The zero-order valence-electron chi connectivity index (χ0n) is 23.9. The lowest BCUT2D eigenvalue weighted by Gasteiger charge is -2.31. The van der Waals surface area contributed by atoms with Crippen LogP contribution in [-0.2, 0) is 16.1 Å². The third-order valence-corrected chi connectivity index (χ3v) is 9.55. The summed E-state index contributed by atoms with van der Waals surface area (Å²) >= 11 is 1.18. The summed E-state index contributed by atoms with van der Waals surface area (Å²) in [5.41, 5.74) is -0.248. The van der Waals surface area contributed by atoms with E-state index in [-0.39, 0.29) is 18.0 Å². The number of methoxy groups -OCH3 is 1. The van der Waals surface area contributed by atoms with E-state index in [2.05, 4.69) is 15.5 Å². The van der Waals surface area contributed by atoms with Crippen LogP contribution in [0.5, 0.6) is 5.75 Å². The second-order valence-corrected chi connectivity index (χ2v) is 12.0. The summed E-state index contributed by atoms with van der Waals surface area (Å²) in [5, 5.41) is 22.1. The molecule has 1 unspecified atom stereocenters. The average molecular weight is 613 g/mol. The molecule has 2 fully saturated rings. The minimum absolute atomic E-state index is 0.0885. The maximum atomic E-state index is 14.6. The number of hydrogen-bond acceptors (Lipinski definition) is 9. The van der Waals surface area contributed by atoms with Crippen LogP contribution < -0.4 is 21.3 Å². The van der Waals surface area contributed by atoms with E-state index in [0.29, 0.717) is 71.8 Å². The van der Waals surface area contributed by atoms with E-state index in [0.717, 1.165) is 4.57 Å². The number of aromatic nitrogens is 5. The van der Waals surface area contributed by atoms with Crippen LogP contribution in [0.2, 0.25) is 0 Å². The fourth-order valence-electron chi connectivity index (χ4n) is 6.05. The molecule has 1 aromatic carbocycles. The van der Waals surface area contributed by atoms with Crippen LogP contribution in [0.1, 0.15) is 61.8 Å². The predicted molar refractivity (Wildman–Crippen MR) is 156 cm³/mol. The Balaban J connectivity index is 1.55. The van der Waals surface area contributed by atoms with Crippen LogP contribution in [0.4, 0.5) is 4.39 Å². The first-order valence-corrected chi connectivity index (χ1v) is 15.2. The van der Waals surface area contributed by atoms with Gasteiger partial charge >= 0.3 is 5.69 Å². The highest BCUT2D eigenvalue weighted by Gasteiger charge is 2.33. The van der Waals surface area contributed by atoms with Gasteiger partial charge in [-0.3, -0.25) is 14.2 Å². The number of aliphatic hydroxyl groups is 1. The van der Waals surface area contributed by atoms with Crippen molar-refractivity contribution in [3.05, 3.63) is 68.4 Å². The van der Waals surface area contributed by atoms with Gasteiger partial charge in [-0.2, -0.15) is 10.2 Å². The SMILES string of the molecule is COc1ccc(F)cc1C(Cn1c(=O)n([C@@H]2CCCNC2=O)c(=O)c2c(C)c(-n3nccn3)sc21)OC1CCC(O)CC1. The molecule has 43 heavy (non-hydrogen) atoms. The summed E-state index contributed by atoms with van der Waals surface area (Å²) in [6.45, 7) is 2.14. The van der Waals surface area contributed by atoms with Crippen molar-refractivity contribution >= 4 is 27.5 Å². The quantitative estimate of drug-likeness (QED) is 0.309. The molecular weight excluding hydrogens is 579 g/mol. The Kier molecular flexibility index (Phi) is 8.16. The van der Waals surface area contributed by atoms with Crippen molar-refractivity contribution in [2.24, 2.45) is 0 Å². The molecule has 228 valence electrons. The van der Waals surface area contributed by atoms with Crippen molar-refractivity contribution in [3.8, 4) is 10.8 Å². The molecule has 0 radical (unpaired) electrons. The molecule has 1 aliphatic carbocycles. The van der Waals surface area contributed by atoms with Gasteiger partial charge in [0.05, 0.1) is 43.6 Å². The number of rotatable bonds is 8.